The van der Waals surface area contributed by atoms with Crippen molar-refractivity contribution in [1.29, 1.82) is 0 Å². The summed E-state index contributed by atoms with van der Waals surface area (Å²) in [6.45, 7) is 3.76. The molecule has 2 nitrogen and oxygen atoms in total. The Morgan fingerprint density at radius 2 is 1.35 bits per heavy atom. The van der Waals surface area contributed by atoms with Crippen molar-refractivity contribution in [2.45, 2.75) is 18.9 Å². The van der Waals surface area contributed by atoms with Crippen LogP contribution in [-0.2, 0) is 0 Å². The standard InChI is InChI=1S/C49H40N2/c1-2-3-4-8-18-36-29-31-43(32-30-36)51-47-28-16-15-25-44(47)49(51)45-26-17-27-46(48(45)39-23-13-7-14-24-39)50-42-34-40(37-19-9-5-10-20-37)33-41(35-42)38-21-11-6-12-22-38/h2-11,13-21,23-35,49-50H,1,12,22H2/b4-3-,18-8?. The average Bonchev–Trinajstić information content (AvgIpc) is 3.19. The molecule has 8 rings (SSSR count). The summed E-state index contributed by atoms with van der Waals surface area (Å²) in [7, 11) is 0. The molecule has 0 saturated carbocycles. The van der Waals surface area contributed by atoms with Gasteiger partial charge in [0.25, 0.3) is 0 Å². The Hall–Kier alpha value is -6.38. The highest BCUT2D eigenvalue weighted by atomic mass is 15.2. The summed E-state index contributed by atoms with van der Waals surface area (Å²) in [5.74, 6) is 0. The van der Waals surface area contributed by atoms with E-state index < -0.39 is 0 Å². The van der Waals surface area contributed by atoms with Gasteiger partial charge in [-0.1, -0.05) is 158 Å². The Balaban J connectivity index is 1.23. The molecule has 1 aliphatic carbocycles. The Bertz CT molecular complexity index is 2290. The van der Waals surface area contributed by atoms with Gasteiger partial charge in [-0.15, -0.1) is 0 Å². The first kappa shape index (κ1) is 31.9. The number of anilines is 4. The largest absolute Gasteiger partial charge is 0.355 e. The van der Waals surface area contributed by atoms with Crippen molar-refractivity contribution in [2.75, 3.05) is 10.2 Å². The topological polar surface area (TPSA) is 15.3 Å². The Morgan fingerprint density at radius 1 is 0.627 bits per heavy atom. The third-order valence-corrected chi connectivity index (χ3v) is 9.72. The van der Waals surface area contributed by atoms with Gasteiger partial charge in [-0.05, 0) is 94.3 Å². The van der Waals surface area contributed by atoms with Crippen molar-refractivity contribution in [3.63, 3.8) is 0 Å². The number of fused-ring (bicyclic) bond motifs is 1. The number of para-hydroxylation sites is 1. The van der Waals surface area contributed by atoms with Gasteiger partial charge in [0.1, 0.15) is 0 Å². The molecular weight excluding hydrogens is 617 g/mol. The van der Waals surface area contributed by atoms with Gasteiger partial charge in [0, 0.05) is 33.9 Å². The molecule has 0 aromatic heterocycles. The Morgan fingerprint density at radius 3 is 2.12 bits per heavy atom. The molecule has 6 aromatic carbocycles. The Kier molecular flexibility index (Phi) is 9.13. The van der Waals surface area contributed by atoms with Crippen LogP contribution in [0.3, 0.4) is 0 Å². The number of rotatable bonds is 10. The van der Waals surface area contributed by atoms with E-state index in [0.29, 0.717) is 0 Å². The molecule has 1 heterocycles. The van der Waals surface area contributed by atoms with E-state index in [4.69, 9.17) is 0 Å². The van der Waals surface area contributed by atoms with Crippen molar-refractivity contribution >= 4 is 34.4 Å². The van der Waals surface area contributed by atoms with Gasteiger partial charge in [0.15, 0.2) is 0 Å². The van der Waals surface area contributed by atoms with Crippen LogP contribution in [0.5, 0.6) is 0 Å². The molecule has 2 heteroatoms. The van der Waals surface area contributed by atoms with Crippen LogP contribution in [0, 0.1) is 0 Å². The molecule has 2 aliphatic rings. The lowest BCUT2D eigenvalue weighted by Gasteiger charge is -2.46. The van der Waals surface area contributed by atoms with Gasteiger partial charge in [0.05, 0.1) is 6.04 Å². The number of benzene rings is 6. The fourth-order valence-electron chi connectivity index (χ4n) is 7.31. The van der Waals surface area contributed by atoms with Gasteiger partial charge in [-0.3, -0.25) is 0 Å². The predicted octanol–water partition coefficient (Wildman–Crippen LogP) is 13.5. The molecule has 1 N–H and O–H groups in total. The quantitative estimate of drug-likeness (QED) is 0.148. The van der Waals surface area contributed by atoms with Gasteiger partial charge < -0.3 is 10.2 Å². The minimum Gasteiger partial charge on any atom is -0.355 e. The van der Waals surface area contributed by atoms with Crippen molar-refractivity contribution in [1.82, 2.24) is 0 Å². The van der Waals surface area contributed by atoms with Gasteiger partial charge in [0.2, 0.25) is 0 Å². The second-order valence-corrected chi connectivity index (χ2v) is 13.0. The smallest absolute Gasteiger partial charge is 0.0871 e. The molecule has 1 unspecified atom stereocenters. The van der Waals surface area contributed by atoms with Crippen LogP contribution < -0.4 is 10.2 Å². The highest BCUT2D eigenvalue weighted by molar-refractivity contribution is 5.90. The summed E-state index contributed by atoms with van der Waals surface area (Å²) in [5, 5.41) is 3.94. The molecule has 0 saturated heterocycles. The maximum atomic E-state index is 3.94. The van der Waals surface area contributed by atoms with Crippen molar-refractivity contribution in [3.05, 3.63) is 217 Å². The highest BCUT2D eigenvalue weighted by Gasteiger charge is 2.38. The van der Waals surface area contributed by atoms with Crippen LogP contribution in [-0.4, -0.2) is 0 Å². The predicted molar refractivity (Wildman–Crippen MR) is 219 cm³/mol. The van der Waals surface area contributed by atoms with E-state index in [0.717, 1.165) is 29.8 Å². The highest BCUT2D eigenvalue weighted by Crippen LogP contribution is 2.54. The molecule has 0 radical (unpaired) electrons. The summed E-state index contributed by atoms with van der Waals surface area (Å²) in [5.41, 5.74) is 15.8. The lowest BCUT2D eigenvalue weighted by Crippen LogP contribution is -2.35. The summed E-state index contributed by atoms with van der Waals surface area (Å²) in [6, 6.07) is 52.9. The number of nitrogens with zero attached hydrogens (tertiary/aromatic N) is 1. The fraction of sp³-hybridized carbons (Fsp3) is 0.0612. The molecule has 0 fully saturated rings. The molecule has 1 atom stereocenters. The van der Waals surface area contributed by atoms with Crippen molar-refractivity contribution in [2.24, 2.45) is 0 Å². The second-order valence-electron chi connectivity index (χ2n) is 13.0. The van der Waals surface area contributed by atoms with Crippen LogP contribution in [0.4, 0.5) is 22.7 Å². The molecule has 0 spiro atoms. The molecule has 0 amide bonds. The molecule has 246 valence electrons. The third-order valence-electron chi connectivity index (χ3n) is 9.72. The SMILES string of the molecule is C=C/C=C\C=Cc1ccc(N2c3ccccc3C2c2cccc(Nc3cc(C4=CC=CCC4)cc(-c4ccccc4)c3)c2-c2ccccc2)cc1. The minimum atomic E-state index is 0.0560. The molecular formula is C49H40N2. The van der Waals surface area contributed by atoms with E-state index in [2.05, 4.69) is 187 Å². The summed E-state index contributed by atoms with van der Waals surface area (Å²) in [4.78, 5) is 2.48. The molecule has 0 bridgehead atoms. The van der Waals surface area contributed by atoms with E-state index in [9.17, 15) is 0 Å². The van der Waals surface area contributed by atoms with Crippen molar-refractivity contribution < 1.29 is 0 Å². The zero-order chi connectivity index (χ0) is 34.4. The zero-order valence-electron chi connectivity index (χ0n) is 28.6. The molecule has 6 aromatic rings. The van der Waals surface area contributed by atoms with E-state index in [-0.39, 0.29) is 6.04 Å². The van der Waals surface area contributed by atoms with Crippen LogP contribution in [0.2, 0.25) is 0 Å². The van der Waals surface area contributed by atoms with E-state index >= 15 is 0 Å². The number of nitrogens with one attached hydrogen (secondary N) is 1. The van der Waals surface area contributed by atoms with E-state index in [1.807, 2.05) is 18.2 Å². The zero-order valence-corrected chi connectivity index (χ0v) is 28.6. The summed E-state index contributed by atoms with van der Waals surface area (Å²) in [6.07, 6.45) is 18.7. The van der Waals surface area contributed by atoms with Crippen LogP contribution in [0.15, 0.2) is 195 Å². The van der Waals surface area contributed by atoms with E-state index in [1.54, 1.807) is 6.08 Å². The summed E-state index contributed by atoms with van der Waals surface area (Å²) >= 11 is 0. The van der Waals surface area contributed by atoms with Crippen LogP contribution in [0.1, 0.15) is 41.1 Å². The number of hydrogen-bond acceptors (Lipinski definition) is 2. The van der Waals surface area contributed by atoms with Crippen LogP contribution in [0.25, 0.3) is 33.9 Å². The Labute approximate surface area is 301 Å². The first-order valence-corrected chi connectivity index (χ1v) is 17.7. The van der Waals surface area contributed by atoms with Crippen LogP contribution >= 0.6 is 0 Å². The number of allylic oxidation sites excluding steroid dienone is 8. The first-order valence-electron chi connectivity index (χ1n) is 17.7. The maximum Gasteiger partial charge on any atom is 0.0871 e. The maximum absolute atomic E-state index is 3.94. The second kappa shape index (κ2) is 14.6. The van der Waals surface area contributed by atoms with E-state index in [1.165, 1.54) is 55.9 Å². The van der Waals surface area contributed by atoms with Gasteiger partial charge >= 0.3 is 0 Å². The lowest BCUT2D eigenvalue weighted by molar-refractivity contribution is 0.748. The minimum absolute atomic E-state index is 0.0560. The molecule has 1 aliphatic heterocycles. The first-order chi connectivity index (χ1) is 25.3. The monoisotopic (exact) mass is 656 g/mol. The normalized spacial score (nSPS) is 15.0. The number of hydrogen-bond donors (Lipinski definition) is 1. The molecule has 51 heavy (non-hydrogen) atoms. The van der Waals surface area contributed by atoms with Gasteiger partial charge in [-0.25, -0.2) is 0 Å². The third kappa shape index (κ3) is 6.65. The fourth-order valence-corrected chi connectivity index (χ4v) is 7.31. The summed E-state index contributed by atoms with van der Waals surface area (Å²) < 4.78 is 0. The van der Waals surface area contributed by atoms with Crippen molar-refractivity contribution in [3.8, 4) is 22.3 Å². The average molecular weight is 657 g/mol. The lowest BCUT2D eigenvalue weighted by atomic mass is 9.82. The van der Waals surface area contributed by atoms with Gasteiger partial charge in [-0.2, -0.15) is 0 Å².